The van der Waals surface area contributed by atoms with E-state index in [9.17, 15) is 14.4 Å². The van der Waals surface area contributed by atoms with Crippen LogP contribution in [0.25, 0.3) is 0 Å². The van der Waals surface area contributed by atoms with Crippen LogP contribution in [0.1, 0.15) is 6.42 Å². The van der Waals surface area contributed by atoms with Crippen molar-refractivity contribution in [3.63, 3.8) is 0 Å². The summed E-state index contributed by atoms with van der Waals surface area (Å²) >= 11 is 6.11. The zero-order valence-corrected chi connectivity index (χ0v) is 19.1. The third kappa shape index (κ3) is 5.83. The van der Waals surface area contributed by atoms with Gasteiger partial charge in [0.2, 0.25) is 17.7 Å². The molecule has 2 aromatic carbocycles. The second-order valence-corrected chi connectivity index (χ2v) is 8.63. The van der Waals surface area contributed by atoms with Gasteiger partial charge in [-0.3, -0.25) is 19.3 Å². The first-order valence-corrected chi connectivity index (χ1v) is 11.5. The molecule has 0 unspecified atom stereocenters. The average Bonchev–Trinajstić information content (AvgIpc) is 2.83. The first-order chi connectivity index (χ1) is 16.0. The fourth-order valence-corrected chi connectivity index (χ4v) is 4.42. The van der Waals surface area contributed by atoms with Gasteiger partial charge < -0.3 is 20.4 Å². The Morgan fingerprint density at radius 3 is 2.39 bits per heavy atom. The summed E-state index contributed by atoms with van der Waals surface area (Å²) in [6, 6.07) is 16.3. The van der Waals surface area contributed by atoms with Crippen molar-refractivity contribution in [1.82, 2.24) is 15.1 Å². The molecule has 0 aromatic heterocycles. The molecule has 2 aliphatic heterocycles. The predicted octanol–water partition coefficient (Wildman–Crippen LogP) is 1.82. The van der Waals surface area contributed by atoms with E-state index in [0.717, 1.165) is 26.2 Å². The molecule has 2 aliphatic rings. The number of benzene rings is 2. The Kier molecular flexibility index (Phi) is 7.47. The van der Waals surface area contributed by atoms with Crippen molar-refractivity contribution >= 4 is 40.7 Å². The highest BCUT2D eigenvalue weighted by Crippen LogP contribution is 2.21. The summed E-state index contributed by atoms with van der Waals surface area (Å²) in [5, 5.41) is 5.92. The monoisotopic (exact) mass is 469 g/mol. The van der Waals surface area contributed by atoms with Crippen molar-refractivity contribution in [2.75, 3.05) is 56.0 Å². The average molecular weight is 470 g/mol. The van der Waals surface area contributed by atoms with Gasteiger partial charge in [0.1, 0.15) is 6.04 Å². The summed E-state index contributed by atoms with van der Waals surface area (Å²) in [6.45, 7) is 4.20. The SMILES string of the molecule is O=C(C[C@H]1C(=O)NCCN1C(=O)CN1CCN(c2ccccc2)CC1)Nc1ccccc1Cl. The number of halogens is 1. The van der Waals surface area contributed by atoms with Gasteiger partial charge in [-0.2, -0.15) is 0 Å². The van der Waals surface area contributed by atoms with Gasteiger partial charge in [-0.25, -0.2) is 0 Å². The Hall–Kier alpha value is -3.10. The summed E-state index contributed by atoms with van der Waals surface area (Å²) in [5.74, 6) is -0.800. The van der Waals surface area contributed by atoms with Gasteiger partial charge in [0, 0.05) is 45.0 Å². The van der Waals surface area contributed by atoms with E-state index in [1.807, 2.05) is 18.2 Å². The summed E-state index contributed by atoms with van der Waals surface area (Å²) in [4.78, 5) is 44.2. The zero-order chi connectivity index (χ0) is 23.2. The van der Waals surface area contributed by atoms with E-state index in [4.69, 9.17) is 11.6 Å². The molecule has 1 atom stereocenters. The molecule has 2 heterocycles. The molecule has 2 saturated heterocycles. The number of para-hydroxylation sites is 2. The van der Waals surface area contributed by atoms with E-state index < -0.39 is 6.04 Å². The number of anilines is 2. The molecule has 0 radical (unpaired) electrons. The van der Waals surface area contributed by atoms with E-state index in [0.29, 0.717) is 23.8 Å². The molecular weight excluding hydrogens is 442 g/mol. The Balaban J connectivity index is 1.33. The quantitative estimate of drug-likeness (QED) is 0.674. The van der Waals surface area contributed by atoms with Crippen molar-refractivity contribution in [3.05, 3.63) is 59.6 Å². The fourth-order valence-electron chi connectivity index (χ4n) is 4.24. The topological polar surface area (TPSA) is 85.0 Å². The number of nitrogens with one attached hydrogen (secondary N) is 2. The first kappa shape index (κ1) is 23.1. The molecule has 0 bridgehead atoms. The number of hydrogen-bond acceptors (Lipinski definition) is 5. The third-order valence-electron chi connectivity index (χ3n) is 6.03. The van der Waals surface area contributed by atoms with Crippen LogP contribution in [0.2, 0.25) is 5.02 Å². The zero-order valence-electron chi connectivity index (χ0n) is 18.4. The summed E-state index contributed by atoms with van der Waals surface area (Å²) in [6.07, 6.45) is -0.120. The first-order valence-electron chi connectivity index (χ1n) is 11.1. The van der Waals surface area contributed by atoms with Crippen LogP contribution in [0.5, 0.6) is 0 Å². The van der Waals surface area contributed by atoms with Gasteiger partial charge in [-0.1, -0.05) is 41.9 Å². The van der Waals surface area contributed by atoms with E-state index in [1.54, 1.807) is 24.3 Å². The predicted molar refractivity (Wildman–Crippen MR) is 128 cm³/mol. The Bertz CT molecular complexity index is 995. The molecule has 4 rings (SSSR count). The lowest BCUT2D eigenvalue weighted by Crippen LogP contribution is -2.60. The van der Waals surface area contributed by atoms with Crippen molar-refractivity contribution in [2.24, 2.45) is 0 Å². The molecule has 0 spiro atoms. The normalized spacial score (nSPS) is 19.2. The van der Waals surface area contributed by atoms with Crippen LogP contribution in [0, 0.1) is 0 Å². The van der Waals surface area contributed by atoms with Crippen molar-refractivity contribution < 1.29 is 14.4 Å². The van der Waals surface area contributed by atoms with Gasteiger partial charge in [-0.15, -0.1) is 0 Å². The summed E-state index contributed by atoms with van der Waals surface area (Å²) in [5.41, 5.74) is 1.66. The molecule has 174 valence electrons. The van der Waals surface area contributed by atoms with Crippen LogP contribution < -0.4 is 15.5 Å². The van der Waals surface area contributed by atoms with E-state index in [1.165, 1.54) is 10.6 Å². The molecule has 9 heteroatoms. The number of carbonyl (C=O) groups is 3. The molecule has 2 fully saturated rings. The van der Waals surface area contributed by atoms with Gasteiger partial charge >= 0.3 is 0 Å². The molecule has 2 N–H and O–H groups in total. The maximum atomic E-state index is 13.1. The number of carbonyl (C=O) groups excluding carboxylic acids is 3. The minimum absolute atomic E-state index is 0.120. The van der Waals surface area contributed by atoms with Crippen LogP contribution in [0.3, 0.4) is 0 Å². The second kappa shape index (κ2) is 10.7. The van der Waals surface area contributed by atoms with Gasteiger partial charge in [0.05, 0.1) is 23.7 Å². The smallest absolute Gasteiger partial charge is 0.243 e. The van der Waals surface area contributed by atoms with Gasteiger partial charge in [0.15, 0.2) is 0 Å². The maximum absolute atomic E-state index is 13.1. The highest BCUT2D eigenvalue weighted by atomic mass is 35.5. The van der Waals surface area contributed by atoms with Gasteiger partial charge in [0.25, 0.3) is 0 Å². The number of piperazine rings is 2. The molecule has 0 aliphatic carbocycles. The minimum atomic E-state index is -0.834. The molecule has 0 saturated carbocycles. The number of rotatable bonds is 6. The van der Waals surface area contributed by atoms with Crippen LogP contribution >= 0.6 is 11.6 Å². The lowest BCUT2D eigenvalue weighted by Gasteiger charge is -2.39. The third-order valence-corrected chi connectivity index (χ3v) is 6.36. The van der Waals surface area contributed by atoms with Crippen molar-refractivity contribution in [2.45, 2.75) is 12.5 Å². The molecular formula is C24H28ClN5O3. The lowest BCUT2D eigenvalue weighted by atomic mass is 10.1. The maximum Gasteiger partial charge on any atom is 0.243 e. The van der Waals surface area contributed by atoms with Crippen LogP contribution in [-0.4, -0.2) is 79.4 Å². The lowest BCUT2D eigenvalue weighted by molar-refractivity contribution is -0.145. The molecule has 3 amide bonds. The number of hydrogen-bond donors (Lipinski definition) is 2. The molecule has 8 nitrogen and oxygen atoms in total. The Morgan fingerprint density at radius 2 is 1.67 bits per heavy atom. The standard InChI is InChI=1S/C24H28ClN5O3/c25-19-8-4-5-9-20(19)27-22(31)16-21-24(33)26-10-11-30(21)23(32)17-28-12-14-29(15-13-28)18-6-2-1-3-7-18/h1-9,21H,10-17H2,(H,26,33)(H,27,31)/t21-/m0/s1. The highest BCUT2D eigenvalue weighted by molar-refractivity contribution is 6.33. The molecule has 33 heavy (non-hydrogen) atoms. The molecule has 2 aromatic rings. The van der Waals surface area contributed by atoms with Crippen LogP contribution in [0.4, 0.5) is 11.4 Å². The van der Waals surface area contributed by atoms with Gasteiger partial charge in [-0.05, 0) is 24.3 Å². The highest BCUT2D eigenvalue weighted by Gasteiger charge is 2.35. The summed E-state index contributed by atoms with van der Waals surface area (Å²) < 4.78 is 0. The number of nitrogens with zero attached hydrogens (tertiary/aromatic N) is 3. The minimum Gasteiger partial charge on any atom is -0.369 e. The van der Waals surface area contributed by atoms with Crippen molar-refractivity contribution in [3.8, 4) is 0 Å². The largest absolute Gasteiger partial charge is 0.369 e. The summed E-state index contributed by atoms with van der Waals surface area (Å²) in [7, 11) is 0. The Morgan fingerprint density at radius 1 is 0.970 bits per heavy atom. The van der Waals surface area contributed by atoms with E-state index in [-0.39, 0.29) is 30.7 Å². The van der Waals surface area contributed by atoms with Crippen molar-refractivity contribution in [1.29, 1.82) is 0 Å². The van der Waals surface area contributed by atoms with E-state index >= 15 is 0 Å². The van der Waals surface area contributed by atoms with Crippen LogP contribution in [0.15, 0.2) is 54.6 Å². The van der Waals surface area contributed by atoms with Crippen LogP contribution in [-0.2, 0) is 14.4 Å². The van der Waals surface area contributed by atoms with E-state index in [2.05, 4.69) is 32.6 Å². The fraction of sp³-hybridized carbons (Fsp3) is 0.375. The second-order valence-electron chi connectivity index (χ2n) is 8.22. The Labute approximate surface area is 198 Å². The number of amides is 3.